The molecule has 2 aliphatic rings. The molecular weight excluding hydrogens is 407 g/mol. The standard InChI is InChI=1S/C20H19ClF3N3O2/c21-15-3-4-16-13(10-15)11-17(29-16)19(28)27-7-1-6-26(8-9-27)18-5-2-14(12-25-18)20(22,23)24/h2-5,10,12,17H,1,6-9,11H2. The third-order valence-corrected chi connectivity index (χ3v) is 5.41. The van der Waals surface area contributed by atoms with E-state index in [9.17, 15) is 18.0 Å². The average molecular weight is 426 g/mol. The van der Waals surface area contributed by atoms with Gasteiger partial charge in [-0.3, -0.25) is 4.79 Å². The van der Waals surface area contributed by atoms with E-state index in [1.807, 2.05) is 11.0 Å². The monoisotopic (exact) mass is 425 g/mol. The highest BCUT2D eigenvalue weighted by atomic mass is 35.5. The topological polar surface area (TPSA) is 45.7 Å². The summed E-state index contributed by atoms with van der Waals surface area (Å²) in [6.07, 6.45) is -2.96. The summed E-state index contributed by atoms with van der Waals surface area (Å²) >= 11 is 6.01. The lowest BCUT2D eigenvalue weighted by atomic mass is 10.1. The van der Waals surface area contributed by atoms with Gasteiger partial charge in [-0.05, 0) is 42.3 Å². The molecule has 3 heterocycles. The maximum absolute atomic E-state index is 12.9. The van der Waals surface area contributed by atoms with Gasteiger partial charge < -0.3 is 14.5 Å². The lowest BCUT2D eigenvalue weighted by Crippen LogP contribution is -2.43. The summed E-state index contributed by atoms with van der Waals surface area (Å²) in [4.78, 5) is 20.5. The predicted octanol–water partition coefficient (Wildman–Crippen LogP) is 3.80. The number of hydrogen-bond donors (Lipinski definition) is 0. The lowest BCUT2D eigenvalue weighted by Gasteiger charge is -2.24. The van der Waals surface area contributed by atoms with E-state index < -0.39 is 17.8 Å². The van der Waals surface area contributed by atoms with Crippen molar-refractivity contribution in [2.75, 3.05) is 31.1 Å². The third kappa shape index (κ3) is 4.27. The Morgan fingerprint density at radius 3 is 2.69 bits per heavy atom. The number of ether oxygens (including phenoxy) is 1. The summed E-state index contributed by atoms with van der Waals surface area (Å²) in [6, 6.07) is 7.72. The van der Waals surface area contributed by atoms with E-state index in [4.69, 9.17) is 16.3 Å². The maximum Gasteiger partial charge on any atom is 0.417 e. The highest BCUT2D eigenvalue weighted by molar-refractivity contribution is 6.30. The highest BCUT2D eigenvalue weighted by Gasteiger charge is 2.34. The first kappa shape index (κ1) is 19.8. The van der Waals surface area contributed by atoms with E-state index in [2.05, 4.69) is 4.98 Å². The number of aromatic nitrogens is 1. The maximum atomic E-state index is 12.9. The van der Waals surface area contributed by atoms with E-state index in [0.29, 0.717) is 55.6 Å². The van der Waals surface area contributed by atoms with E-state index in [-0.39, 0.29) is 5.91 Å². The van der Waals surface area contributed by atoms with Crippen molar-refractivity contribution in [1.82, 2.24) is 9.88 Å². The van der Waals surface area contributed by atoms with Crippen LogP contribution < -0.4 is 9.64 Å². The summed E-state index contributed by atoms with van der Waals surface area (Å²) in [7, 11) is 0. The Morgan fingerprint density at radius 2 is 1.97 bits per heavy atom. The molecule has 1 amide bonds. The van der Waals surface area contributed by atoms with Crippen LogP contribution in [0.2, 0.25) is 5.02 Å². The first-order valence-electron chi connectivity index (χ1n) is 9.33. The minimum absolute atomic E-state index is 0.0837. The molecular formula is C20H19ClF3N3O2. The molecule has 0 spiro atoms. The number of benzene rings is 1. The summed E-state index contributed by atoms with van der Waals surface area (Å²) < 4.78 is 43.9. The van der Waals surface area contributed by atoms with Gasteiger partial charge in [-0.25, -0.2) is 4.98 Å². The van der Waals surface area contributed by atoms with Crippen LogP contribution in [0.5, 0.6) is 5.75 Å². The molecule has 1 fully saturated rings. The molecule has 29 heavy (non-hydrogen) atoms. The molecule has 1 aromatic carbocycles. The molecule has 0 bridgehead atoms. The zero-order chi connectivity index (χ0) is 20.6. The molecule has 1 unspecified atom stereocenters. The minimum atomic E-state index is -4.41. The number of halogens is 4. The van der Waals surface area contributed by atoms with Gasteiger partial charge in [0.05, 0.1) is 5.56 Å². The second-order valence-electron chi connectivity index (χ2n) is 7.13. The normalized spacial score (nSPS) is 19.5. The molecule has 154 valence electrons. The minimum Gasteiger partial charge on any atom is -0.480 e. The number of amides is 1. The van der Waals surface area contributed by atoms with Crippen LogP contribution in [0.1, 0.15) is 17.5 Å². The summed E-state index contributed by atoms with van der Waals surface area (Å²) in [5, 5.41) is 0.606. The smallest absolute Gasteiger partial charge is 0.417 e. The van der Waals surface area contributed by atoms with Crippen LogP contribution in [0.4, 0.5) is 19.0 Å². The number of rotatable bonds is 2. The second-order valence-corrected chi connectivity index (χ2v) is 7.57. The molecule has 2 aliphatic heterocycles. The van der Waals surface area contributed by atoms with Crippen molar-refractivity contribution in [1.29, 1.82) is 0 Å². The van der Waals surface area contributed by atoms with Crippen LogP contribution in [-0.2, 0) is 17.4 Å². The SMILES string of the molecule is O=C(C1Cc2cc(Cl)ccc2O1)N1CCCN(c2ccc(C(F)(F)F)cn2)CC1. The van der Waals surface area contributed by atoms with Crippen molar-refractivity contribution >= 4 is 23.3 Å². The molecule has 2 aromatic rings. The largest absolute Gasteiger partial charge is 0.480 e. The van der Waals surface area contributed by atoms with Gasteiger partial charge in [0.15, 0.2) is 6.10 Å². The molecule has 1 aromatic heterocycles. The number of alkyl halides is 3. The van der Waals surface area contributed by atoms with Gasteiger partial charge in [0.2, 0.25) is 0 Å². The van der Waals surface area contributed by atoms with Crippen LogP contribution in [0.25, 0.3) is 0 Å². The number of fused-ring (bicyclic) bond motifs is 1. The summed E-state index contributed by atoms with van der Waals surface area (Å²) in [5.41, 5.74) is 0.146. The third-order valence-electron chi connectivity index (χ3n) is 5.18. The lowest BCUT2D eigenvalue weighted by molar-refractivity contribution is -0.138. The Balaban J connectivity index is 1.38. The Bertz CT molecular complexity index is 905. The second kappa shape index (κ2) is 7.74. The van der Waals surface area contributed by atoms with Crippen LogP contribution in [0.3, 0.4) is 0 Å². The van der Waals surface area contributed by atoms with Crippen molar-refractivity contribution in [3.05, 3.63) is 52.7 Å². The van der Waals surface area contributed by atoms with Gasteiger partial charge in [-0.2, -0.15) is 13.2 Å². The number of hydrogen-bond acceptors (Lipinski definition) is 4. The average Bonchev–Trinajstić information content (AvgIpc) is 2.95. The van der Waals surface area contributed by atoms with E-state index in [0.717, 1.165) is 17.8 Å². The van der Waals surface area contributed by atoms with Crippen LogP contribution >= 0.6 is 11.6 Å². The molecule has 0 N–H and O–H groups in total. The van der Waals surface area contributed by atoms with E-state index >= 15 is 0 Å². The fraction of sp³-hybridized carbons (Fsp3) is 0.400. The van der Waals surface area contributed by atoms with Gasteiger partial charge in [0, 0.05) is 43.8 Å². The Hall–Kier alpha value is -2.48. The highest BCUT2D eigenvalue weighted by Crippen LogP contribution is 2.32. The number of anilines is 1. The predicted molar refractivity (Wildman–Crippen MR) is 102 cm³/mol. The molecule has 5 nitrogen and oxygen atoms in total. The quantitative estimate of drug-likeness (QED) is 0.734. The summed E-state index contributed by atoms with van der Waals surface area (Å²) in [6.45, 7) is 2.13. The van der Waals surface area contributed by atoms with E-state index in [1.54, 1.807) is 17.0 Å². The van der Waals surface area contributed by atoms with Crippen LogP contribution in [-0.4, -0.2) is 48.1 Å². The van der Waals surface area contributed by atoms with Crippen molar-refractivity contribution in [2.45, 2.75) is 25.1 Å². The molecule has 9 heteroatoms. The van der Waals surface area contributed by atoms with Crippen molar-refractivity contribution < 1.29 is 22.7 Å². The zero-order valence-electron chi connectivity index (χ0n) is 15.5. The van der Waals surface area contributed by atoms with Gasteiger partial charge in [-0.1, -0.05) is 11.6 Å². The van der Waals surface area contributed by atoms with Crippen molar-refractivity contribution in [3.8, 4) is 5.75 Å². The molecule has 0 aliphatic carbocycles. The number of carbonyl (C=O) groups excluding carboxylic acids is 1. The van der Waals surface area contributed by atoms with Gasteiger partial charge >= 0.3 is 6.18 Å². The van der Waals surface area contributed by atoms with Crippen LogP contribution in [0, 0.1) is 0 Å². The van der Waals surface area contributed by atoms with Gasteiger partial charge in [-0.15, -0.1) is 0 Å². The molecule has 1 saturated heterocycles. The summed E-state index contributed by atoms with van der Waals surface area (Å²) in [5.74, 6) is 1.07. The van der Waals surface area contributed by atoms with Crippen molar-refractivity contribution in [2.24, 2.45) is 0 Å². The van der Waals surface area contributed by atoms with E-state index in [1.165, 1.54) is 6.07 Å². The zero-order valence-corrected chi connectivity index (χ0v) is 16.2. The molecule has 1 atom stereocenters. The first-order chi connectivity index (χ1) is 13.8. The molecule has 4 rings (SSSR count). The fourth-order valence-corrected chi connectivity index (χ4v) is 3.86. The fourth-order valence-electron chi connectivity index (χ4n) is 3.67. The van der Waals surface area contributed by atoms with Crippen LogP contribution in [0.15, 0.2) is 36.5 Å². The molecule has 0 saturated carbocycles. The Kier molecular flexibility index (Phi) is 5.29. The Morgan fingerprint density at radius 1 is 1.14 bits per heavy atom. The number of carbonyl (C=O) groups is 1. The Labute approximate surface area is 171 Å². The number of nitrogens with zero attached hydrogens (tertiary/aromatic N) is 3. The first-order valence-corrected chi connectivity index (χ1v) is 9.71. The van der Waals surface area contributed by atoms with Gasteiger partial charge in [0.25, 0.3) is 5.91 Å². The van der Waals surface area contributed by atoms with Gasteiger partial charge in [0.1, 0.15) is 11.6 Å². The van der Waals surface area contributed by atoms with Crippen molar-refractivity contribution in [3.63, 3.8) is 0 Å². The molecule has 0 radical (unpaired) electrons. The number of pyridine rings is 1.